The lowest BCUT2D eigenvalue weighted by Crippen LogP contribution is -2.33. The summed E-state index contributed by atoms with van der Waals surface area (Å²) in [4.78, 5) is 23.0. The van der Waals surface area contributed by atoms with Crippen molar-refractivity contribution in [3.05, 3.63) is 52.8 Å². The van der Waals surface area contributed by atoms with Crippen LogP contribution in [0.25, 0.3) is 0 Å². The number of hydrogen-bond acceptors (Lipinski definition) is 4. The SMILES string of the molecule is CCCN(CCC)C(=O)c1ccnc(NCCc2cccc(Cl)c2)n1. The van der Waals surface area contributed by atoms with Crippen molar-refractivity contribution in [3.8, 4) is 0 Å². The van der Waals surface area contributed by atoms with Gasteiger partial charge in [0.25, 0.3) is 5.91 Å². The van der Waals surface area contributed by atoms with Gasteiger partial charge in [0.15, 0.2) is 0 Å². The summed E-state index contributed by atoms with van der Waals surface area (Å²) in [7, 11) is 0. The molecule has 5 nitrogen and oxygen atoms in total. The maximum absolute atomic E-state index is 12.6. The molecule has 2 rings (SSSR count). The predicted octanol–water partition coefficient (Wildman–Crippen LogP) is 4.05. The first-order valence-corrected chi connectivity index (χ1v) is 9.12. The lowest BCUT2D eigenvalue weighted by molar-refractivity contribution is 0.0749. The van der Waals surface area contributed by atoms with Gasteiger partial charge in [-0.05, 0) is 43.0 Å². The fourth-order valence-corrected chi connectivity index (χ4v) is 2.80. The average Bonchev–Trinajstić information content (AvgIpc) is 2.61. The molecule has 0 bridgehead atoms. The van der Waals surface area contributed by atoms with Crippen LogP contribution in [0.4, 0.5) is 5.95 Å². The molecular formula is C19H25ClN4O. The van der Waals surface area contributed by atoms with E-state index in [0.29, 0.717) is 18.2 Å². The van der Waals surface area contributed by atoms with Gasteiger partial charge in [0.05, 0.1) is 0 Å². The van der Waals surface area contributed by atoms with E-state index < -0.39 is 0 Å². The topological polar surface area (TPSA) is 58.1 Å². The molecule has 0 fully saturated rings. The molecule has 0 saturated carbocycles. The van der Waals surface area contributed by atoms with Crippen molar-refractivity contribution in [1.29, 1.82) is 0 Å². The Morgan fingerprint density at radius 1 is 1.20 bits per heavy atom. The van der Waals surface area contributed by atoms with E-state index in [-0.39, 0.29) is 5.91 Å². The van der Waals surface area contributed by atoms with Crippen LogP contribution in [-0.2, 0) is 6.42 Å². The normalized spacial score (nSPS) is 10.5. The minimum Gasteiger partial charge on any atom is -0.354 e. The molecule has 1 aromatic carbocycles. The molecule has 0 aliphatic heterocycles. The highest BCUT2D eigenvalue weighted by molar-refractivity contribution is 6.30. The molecule has 2 aromatic rings. The van der Waals surface area contributed by atoms with Gasteiger partial charge >= 0.3 is 0 Å². The van der Waals surface area contributed by atoms with Crippen LogP contribution in [0.2, 0.25) is 5.02 Å². The van der Waals surface area contributed by atoms with Gasteiger partial charge in [0.2, 0.25) is 5.95 Å². The molecule has 6 heteroatoms. The molecule has 134 valence electrons. The highest BCUT2D eigenvalue weighted by Crippen LogP contribution is 2.11. The smallest absolute Gasteiger partial charge is 0.272 e. The van der Waals surface area contributed by atoms with Gasteiger partial charge in [-0.25, -0.2) is 9.97 Å². The summed E-state index contributed by atoms with van der Waals surface area (Å²) in [5.74, 6) is 0.435. The molecule has 0 radical (unpaired) electrons. The van der Waals surface area contributed by atoms with E-state index in [0.717, 1.165) is 42.9 Å². The van der Waals surface area contributed by atoms with E-state index in [1.807, 2.05) is 29.2 Å². The maximum Gasteiger partial charge on any atom is 0.272 e. The molecule has 1 N–H and O–H groups in total. The van der Waals surface area contributed by atoms with Crippen LogP contribution in [0.1, 0.15) is 42.7 Å². The Labute approximate surface area is 154 Å². The monoisotopic (exact) mass is 360 g/mol. The predicted molar refractivity (Wildman–Crippen MR) is 102 cm³/mol. The number of benzene rings is 1. The fourth-order valence-electron chi connectivity index (χ4n) is 2.59. The van der Waals surface area contributed by atoms with E-state index in [1.54, 1.807) is 12.3 Å². The summed E-state index contributed by atoms with van der Waals surface area (Å²) in [5.41, 5.74) is 1.58. The molecule has 0 spiro atoms. The van der Waals surface area contributed by atoms with Crippen molar-refractivity contribution < 1.29 is 4.79 Å². The van der Waals surface area contributed by atoms with Crippen LogP contribution in [0.3, 0.4) is 0 Å². The molecule has 1 amide bonds. The molecular weight excluding hydrogens is 336 g/mol. The summed E-state index contributed by atoms with van der Waals surface area (Å²) in [6.07, 6.45) is 4.29. The summed E-state index contributed by atoms with van der Waals surface area (Å²) in [5, 5.41) is 3.90. The number of amides is 1. The van der Waals surface area contributed by atoms with Crippen molar-refractivity contribution in [2.45, 2.75) is 33.1 Å². The molecule has 25 heavy (non-hydrogen) atoms. The number of nitrogens with zero attached hydrogens (tertiary/aromatic N) is 3. The lowest BCUT2D eigenvalue weighted by Gasteiger charge is -2.21. The lowest BCUT2D eigenvalue weighted by atomic mass is 10.1. The van der Waals surface area contributed by atoms with Crippen LogP contribution in [-0.4, -0.2) is 40.4 Å². The third-order valence-electron chi connectivity index (χ3n) is 3.73. The number of aromatic nitrogens is 2. The second kappa shape index (κ2) is 9.99. The zero-order valence-electron chi connectivity index (χ0n) is 14.8. The van der Waals surface area contributed by atoms with Crippen molar-refractivity contribution in [2.75, 3.05) is 25.0 Å². The molecule has 0 aliphatic rings. The largest absolute Gasteiger partial charge is 0.354 e. The van der Waals surface area contributed by atoms with Gasteiger partial charge < -0.3 is 10.2 Å². The van der Waals surface area contributed by atoms with Crippen LogP contribution in [0.15, 0.2) is 36.5 Å². The summed E-state index contributed by atoms with van der Waals surface area (Å²) in [6, 6.07) is 9.43. The van der Waals surface area contributed by atoms with Crippen LogP contribution >= 0.6 is 11.6 Å². The summed E-state index contributed by atoms with van der Waals surface area (Å²) < 4.78 is 0. The Morgan fingerprint density at radius 2 is 1.96 bits per heavy atom. The van der Waals surface area contributed by atoms with Gasteiger partial charge in [-0.15, -0.1) is 0 Å². The Kier molecular flexibility index (Phi) is 7.67. The van der Waals surface area contributed by atoms with Crippen molar-refractivity contribution >= 4 is 23.5 Å². The zero-order valence-corrected chi connectivity index (χ0v) is 15.6. The van der Waals surface area contributed by atoms with Crippen LogP contribution < -0.4 is 5.32 Å². The third kappa shape index (κ3) is 6.02. The van der Waals surface area contributed by atoms with E-state index in [2.05, 4.69) is 29.1 Å². The fraction of sp³-hybridized carbons (Fsp3) is 0.421. The summed E-state index contributed by atoms with van der Waals surface area (Å²) >= 11 is 5.99. The highest BCUT2D eigenvalue weighted by atomic mass is 35.5. The Bertz CT molecular complexity index is 687. The minimum atomic E-state index is -0.0380. The van der Waals surface area contributed by atoms with E-state index in [9.17, 15) is 4.79 Å². The number of nitrogens with one attached hydrogen (secondary N) is 1. The first-order chi connectivity index (χ1) is 12.1. The number of anilines is 1. The number of halogens is 1. The Morgan fingerprint density at radius 3 is 2.64 bits per heavy atom. The standard InChI is InChI=1S/C19H25ClN4O/c1-3-12-24(13-4-2)18(25)17-9-11-22-19(23-17)21-10-8-15-6-5-7-16(20)14-15/h5-7,9,11,14H,3-4,8,10,12-13H2,1-2H3,(H,21,22,23). The number of carbonyl (C=O) groups is 1. The average molecular weight is 361 g/mol. The van der Waals surface area contributed by atoms with E-state index in [1.165, 1.54) is 0 Å². The molecule has 0 atom stereocenters. The van der Waals surface area contributed by atoms with Gasteiger partial charge in [0, 0.05) is 30.9 Å². The van der Waals surface area contributed by atoms with Crippen molar-refractivity contribution in [1.82, 2.24) is 14.9 Å². The summed E-state index contributed by atoms with van der Waals surface area (Å²) in [6.45, 7) is 6.30. The number of carbonyl (C=O) groups excluding carboxylic acids is 1. The van der Waals surface area contributed by atoms with Gasteiger partial charge in [-0.2, -0.15) is 0 Å². The van der Waals surface area contributed by atoms with Gasteiger partial charge in [0.1, 0.15) is 5.69 Å². The minimum absolute atomic E-state index is 0.0380. The Balaban J connectivity index is 1.96. The number of rotatable bonds is 9. The van der Waals surface area contributed by atoms with Crippen LogP contribution in [0, 0.1) is 0 Å². The maximum atomic E-state index is 12.6. The van der Waals surface area contributed by atoms with E-state index in [4.69, 9.17) is 11.6 Å². The zero-order chi connectivity index (χ0) is 18.1. The highest BCUT2D eigenvalue weighted by Gasteiger charge is 2.16. The molecule has 1 aromatic heterocycles. The first kappa shape index (κ1) is 19.2. The van der Waals surface area contributed by atoms with Gasteiger partial charge in [-0.1, -0.05) is 37.6 Å². The van der Waals surface area contributed by atoms with Crippen molar-refractivity contribution in [2.24, 2.45) is 0 Å². The van der Waals surface area contributed by atoms with Crippen molar-refractivity contribution in [3.63, 3.8) is 0 Å². The van der Waals surface area contributed by atoms with Crippen LogP contribution in [0.5, 0.6) is 0 Å². The molecule has 1 heterocycles. The molecule has 0 unspecified atom stereocenters. The molecule has 0 saturated heterocycles. The third-order valence-corrected chi connectivity index (χ3v) is 3.97. The molecule has 0 aliphatic carbocycles. The second-order valence-corrected chi connectivity index (χ2v) is 6.30. The second-order valence-electron chi connectivity index (χ2n) is 5.86. The number of hydrogen-bond donors (Lipinski definition) is 1. The quantitative estimate of drug-likeness (QED) is 0.733. The first-order valence-electron chi connectivity index (χ1n) is 8.74. The van der Waals surface area contributed by atoms with E-state index >= 15 is 0 Å². The Hall–Kier alpha value is -2.14. The van der Waals surface area contributed by atoms with Gasteiger partial charge in [-0.3, -0.25) is 4.79 Å².